The molecule has 27 heavy (non-hydrogen) atoms. The normalized spacial score (nSPS) is 20.4. The Morgan fingerprint density at radius 1 is 1.22 bits per heavy atom. The molecule has 3 heterocycles. The van der Waals surface area contributed by atoms with Crippen molar-refractivity contribution in [3.8, 4) is 11.8 Å². The van der Waals surface area contributed by atoms with E-state index in [-0.39, 0.29) is 16.9 Å². The lowest BCUT2D eigenvalue weighted by Gasteiger charge is -2.21. The lowest BCUT2D eigenvalue weighted by molar-refractivity contribution is 0.419. The first kappa shape index (κ1) is 18.2. The van der Waals surface area contributed by atoms with Crippen molar-refractivity contribution >= 4 is 17.6 Å². The number of hydrogen-bond donors (Lipinski definition) is 1. The number of aromatic nitrogens is 4. The zero-order valence-corrected chi connectivity index (χ0v) is 16.2. The molecule has 1 aliphatic carbocycles. The van der Waals surface area contributed by atoms with Gasteiger partial charge in [-0.2, -0.15) is 4.98 Å². The molecule has 4 rings (SSSR count). The van der Waals surface area contributed by atoms with Crippen molar-refractivity contribution in [3.63, 3.8) is 0 Å². The van der Waals surface area contributed by atoms with Crippen LogP contribution >= 0.6 is 11.8 Å². The van der Waals surface area contributed by atoms with Gasteiger partial charge in [0.1, 0.15) is 11.6 Å². The Bertz CT molecular complexity index is 910. The van der Waals surface area contributed by atoms with Gasteiger partial charge >= 0.3 is 5.69 Å². The van der Waals surface area contributed by atoms with E-state index in [1.165, 1.54) is 32.1 Å². The summed E-state index contributed by atoms with van der Waals surface area (Å²) in [5.74, 6) is 9.29. The molecule has 2 aromatic heterocycles. The molecule has 0 amide bonds. The van der Waals surface area contributed by atoms with E-state index in [2.05, 4.69) is 26.4 Å². The monoisotopic (exact) mass is 383 g/mol. The second-order valence-electron chi connectivity index (χ2n) is 7.25. The Kier molecular flexibility index (Phi) is 5.53. The van der Waals surface area contributed by atoms with Crippen LogP contribution in [0, 0.1) is 11.8 Å². The van der Waals surface area contributed by atoms with Gasteiger partial charge in [-0.3, -0.25) is 4.57 Å². The molecular weight excluding hydrogens is 358 g/mol. The number of nitrogen functional groups attached to an aromatic ring is 1. The molecule has 1 saturated heterocycles. The van der Waals surface area contributed by atoms with E-state index in [4.69, 9.17) is 5.73 Å². The first-order chi connectivity index (χ1) is 13.2. The Morgan fingerprint density at radius 2 is 2.07 bits per heavy atom. The van der Waals surface area contributed by atoms with Crippen molar-refractivity contribution in [3.05, 3.63) is 40.5 Å². The quantitative estimate of drug-likeness (QED) is 0.824. The van der Waals surface area contributed by atoms with Crippen molar-refractivity contribution in [2.75, 3.05) is 11.5 Å². The molecule has 0 aromatic carbocycles. The van der Waals surface area contributed by atoms with E-state index < -0.39 is 0 Å². The summed E-state index contributed by atoms with van der Waals surface area (Å²) in [4.78, 5) is 20.7. The Hall–Kier alpha value is -2.20. The first-order valence-corrected chi connectivity index (χ1v) is 10.8. The van der Waals surface area contributed by atoms with Crippen LogP contribution in [0.1, 0.15) is 67.6 Å². The lowest BCUT2D eigenvalue weighted by Crippen LogP contribution is -2.26. The molecule has 0 radical (unpaired) electrons. The van der Waals surface area contributed by atoms with Crippen LogP contribution in [0.2, 0.25) is 0 Å². The molecule has 1 saturated carbocycles. The zero-order valence-electron chi connectivity index (χ0n) is 15.4. The van der Waals surface area contributed by atoms with Gasteiger partial charge in [0.25, 0.3) is 0 Å². The summed E-state index contributed by atoms with van der Waals surface area (Å²) in [6.07, 6.45) is 14.1. The fourth-order valence-electron chi connectivity index (χ4n) is 3.96. The van der Waals surface area contributed by atoms with E-state index in [1.54, 1.807) is 22.5 Å². The van der Waals surface area contributed by atoms with Crippen molar-refractivity contribution in [2.24, 2.45) is 0 Å². The SMILES string of the molecule is Nc1nc(=O)n(C2CCCS2)cc1C#CCn1ccnc1C1CCCCC1. The molecular formula is C20H25N5OS. The summed E-state index contributed by atoms with van der Waals surface area (Å²) >= 11 is 1.79. The summed E-state index contributed by atoms with van der Waals surface area (Å²) < 4.78 is 3.82. The van der Waals surface area contributed by atoms with Crippen molar-refractivity contribution < 1.29 is 0 Å². The van der Waals surface area contributed by atoms with Gasteiger partial charge in [-0.1, -0.05) is 31.1 Å². The van der Waals surface area contributed by atoms with E-state index in [0.717, 1.165) is 24.4 Å². The fraction of sp³-hybridized carbons (Fsp3) is 0.550. The average Bonchev–Trinajstić information content (AvgIpc) is 3.36. The van der Waals surface area contributed by atoms with Gasteiger partial charge in [0.2, 0.25) is 0 Å². The maximum atomic E-state index is 12.2. The second kappa shape index (κ2) is 8.22. The molecule has 2 aliphatic rings. The van der Waals surface area contributed by atoms with E-state index in [0.29, 0.717) is 18.0 Å². The highest BCUT2D eigenvalue weighted by Gasteiger charge is 2.20. The third-order valence-electron chi connectivity index (χ3n) is 5.39. The molecule has 0 bridgehead atoms. The van der Waals surface area contributed by atoms with Crippen LogP contribution < -0.4 is 11.4 Å². The predicted octanol–water partition coefficient (Wildman–Crippen LogP) is 3.15. The molecule has 1 aliphatic heterocycles. The molecule has 2 fully saturated rings. The maximum Gasteiger partial charge on any atom is 0.350 e. The average molecular weight is 384 g/mol. The number of anilines is 1. The highest BCUT2D eigenvalue weighted by Crippen LogP contribution is 2.34. The standard InChI is InChI=1S/C20H25N5OS/c21-18-16(14-25(20(26)23-18)17-9-5-13-27-17)8-4-11-24-12-10-22-19(24)15-6-2-1-3-7-15/h10,12,14-15,17H,1-3,5-7,9,11,13H2,(H2,21,23,26). The second-order valence-corrected chi connectivity index (χ2v) is 8.53. The maximum absolute atomic E-state index is 12.2. The van der Waals surface area contributed by atoms with Gasteiger partial charge in [0.15, 0.2) is 0 Å². The Morgan fingerprint density at radius 3 is 2.85 bits per heavy atom. The van der Waals surface area contributed by atoms with Crippen LogP contribution in [0.5, 0.6) is 0 Å². The molecule has 2 N–H and O–H groups in total. The van der Waals surface area contributed by atoms with Crippen LogP contribution in [0.25, 0.3) is 0 Å². The van der Waals surface area contributed by atoms with Crippen molar-refractivity contribution in [1.82, 2.24) is 19.1 Å². The minimum atomic E-state index is -0.286. The first-order valence-electron chi connectivity index (χ1n) is 9.72. The van der Waals surface area contributed by atoms with Crippen LogP contribution in [-0.4, -0.2) is 24.9 Å². The highest BCUT2D eigenvalue weighted by molar-refractivity contribution is 7.99. The minimum Gasteiger partial charge on any atom is -0.382 e. The lowest BCUT2D eigenvalue weighted by atomic mass is 9.88. The topological polar surface area (TPSA) is 78.7 Å². The summed E-state index contributed by atoms with van der Waals surface area (Å²) in [6.45, 7) is 0.572. The highest BCUT2D eigenvalue weighted by atomic mass is 32.2. The third-order valence-corrected chi connectivity index (χ3v) is 6.76. The number of hydrogen-bond acceptors (Lipinski definition) is 5. The van der Waals surface area contributed by atoms with E-state index in [9.17, 15) is 4.79 Å². The Labute approximate surface area is 163 Å². The van der Waals surface area contributed by atoms with Crippen LogP contribution in [0.3, 0.4) is 0 Å². The molecule has 6 nitrogen and oxygen atoms in total. The fourth-order valence-corrected chi connectivity index (χ4v) is 5.21. The summed E-state index contributed by atoms with van der Waals surface area (Å²) in [6, 6.07) is 0. The van der Waals surface area contributed by atoms with Gasteiger partial charge in [0, 0.05) is 24.5 Å². The summed E-state index contributed by atoms with van der Waals surface area (Å²) in [5.41, 5.74) is 6.28. The van der Waals surface area contributed by atoms with Crippen LogP contribution in [0.15, 0.2) is 23.4 Å². The molecule has 142 valence electrons. The number of rotatable bonds is 3. The number of imidazole rings is 1. The summed E-state index contributed by atoms with van der Waals surface area (Å²) in [5, 5.41) is 0.151. The molecule has 2 aromatic rings. The molecule has 0 spiro atoms. The Balaban J connectivity index is 1.53. The van der Waals surface area contributed by atoms with Gasteiger partial charge in [-0.05, 0) is 31.4 Å². The zero-order chi connectivity index (χ0) is 18.6. The van der Waals surface area contributed by atoms with Gasteiger partial charge < -0.3 is 10.3 Å². The minimum absolute atomic E-state index is 0.151. The van der Waals surface area contributed by atoms with Crippen molar-refractivity contribution in [2.45, 2.75) is 62.8 Å². The van der Waals surface area contributed by atoms with Gasteiger partial charge in [0.05, 0.1) is 17.5 Å². The predicted molar refractivity (Wildman–Crippen MR) is 109 cm³/mol. The number of nitrogens with zero attached hydrogens (tertiary/aromatic N) is 4. The number of nitrogens with two attached hydrogens (primary N) is 1. The van der Waals surface area contributed by atoms with Gasteiger partial charge in [-0.25, -0.2) is 9.78 Å². The largest absolute Gasteiger partial charge is 0.382 e. The van der Waals surface area contributed by atoms with E-state index >= 15 is 0 Å². The molecule has 1 atom stereocenters. The summed E-state index contributed by atoms with van der Waals surface area (Å²) in [7, 11) is 0. The van der Waals surface area contributed by atoms with E-state index in [1.807, 2.05) is 12.4 Å². The molecule has 7 heteroatoms. The smallest absolute Gasteiger partial charge is 0.350 e. The van der Waals surface area contributed by atoms with Gasteiger partial charge in [-0.15, -0.1) is 11.8 Å². The number of thioether (sulfide) groups is 1. The van der Waals surface area contributed by atoms with Crippen LogP contribution in [0.4, 0.5) is 5.82 Å². The van der Waals surface area contributed by atoms with Crippen LogP contribution in [-0.2, 0) is 6.54 Å². The van der Waals surface area contributed by atoms with Crippen molar-refractivity contribution in [1.29, 1.82) is 0 Å². The third kappa shape index (κ3) is 4.06. The molecule has 1 unspecified atom stereocenters.